The molecule has 2 aromatic heterocycles. The summed E-state index contributed by atoms with van der Waals surface area (Å²) >= 11 is 1.46. The number of pyridine rings is 1. The van der Waals surface area contributed by atoms with Crippen LogP contribution in [0.2, 0.25) is 0 Å². The van der Waals surface area contributed by atoms with Crippen LogP contribution in [0.25, 0.3) is 0 Å². The molecule has 27 heavy (non-hydrogen) atoms. The quantitative estimate of drug-likeness (QED) is 0.464. The molecule has 8 heteroatoms. The average molecular weight is 384 g/mol. The Morgan fingerprint density at radius 3 is 2.70 bits per heavy atom. The topological polar surface area (TPSA) is 110 Å². The van der Waals surface area contributed by atoms with E-state index in [0.717, 1.165) is 15.7 Å². The van der Waals surface area contributed by atoms with E-state index in [2.05, 4.69) is 15.8 Å². The molecule has 3 rings (SSSR count). The molecule has 0 aliphatic heterocycles. The van der Waals surface area contributed by atoms with Crippen LogP contribution in [0.5, 0.6) is 10.8 Å². The lowest BCUT2D eigenvalue weighted by molar-refractivity contribution is 0.0952. The van der Waals surface area contributed by atoms with Gasteiger partial charge in [0.25, 0.3) is 5.91 Å². The predicted octanol–water partition coefficient (Wildman–Crippen LogP) is 3.49. The van der Waals surface area contributed by atoms with Gasteiger partial charge in [0, 0.05) is 4.88 Å². The summed E-state index contributed by atoms with van der Waals surface area (Å²) in [7, 11) is 0. The van der Waals surface area contributed by atoms with Gasteiger partial charge in [-0.25, -0.2) is 4.98 Å². The third-order valence-electron chi connectivity index (χ3n) is 3.85. The number of anilines is 1. The van der Waals surface area contributed by atoms with Gasteiger partial charge in [-0.3, -0.25) is 4.79 Å². The molecule has 0 spiro atoms. The number of carbonyl (C=O) groups is 1. The number of para-hydroxylation sites is 1. The number of aromatic nitrogens is 1. The zero-order chi connectivity index (χ0) is 19.2. The molecule has 1 atom stereocenters. The van der Waals surface area contributed by atoms with Crippen molar-refractivity contribution in [2.24, 2.45) is 0 Å². The standard InChI is InChI=1S/C19H20N4O3S/c1-12(23-25)16-9-8-15(18(20)22-16)19(24)21-11-14-7-10-17(27-14)26-13-5-3-2-4-6-13/h2-10,12,23,25H,11H2,1H3,(H2,20,22)(H,21,24). The minimum absolute atomic E-state index is 0.117. The first-order valence-corrected chi connectivity index (χ1v) is 9.14. The molecule has 0 saturated carbocycles. The minimum atomic E-state index is -0.376. The van der Waals surface area contributed by atoms with Gasteiger partial charge in [0.2, 0.25) is 0 Å². The van der Waals surface area contributed by atoms with Crippen LogP contribution < -0.4 is 21.3 Å². The lowest BCUT2D eigenvalue weighted by atomic mass is 10.1. The predicted molar refractivity (Wildman–Crippen MR) is 104 cm³/mol. The number of hydrogen-bond acceptors (Lipinski definition) is 7. The van der Waals surface area contributed by atoms with E-state index < -0.39 is 0 Å². The molecule has 7 nitrogen and oxygen atoms in total. The Hall–Kier alpha value is -2.94. The number of carbonyl (C=O) groups excluding carboxylic acids is 1. The van der Waals surface area contributed by atoms with Crippen LogP contribution >= 0.6 is 11.3 Å². The second-order valence-electron chi connectivity index (χ2n) is 5.84. The van der Waals surface area contributed by atoms with Crippen LogP contribution in [0.3, 0.4) is 0 Å². The van der Waals surface area contributed by atoms with E-state index in [9.17, 15) is 4.79 Å². The summed E-state index contributed by atoms with van der Waals surface area (Å²) in [6.45, 7) is 2.09. The summed E-state index contributed by atoms with van der Waals surface area (Å²) in [6.07, 6.45) is 0. The molecule has 5 N–H and O–H groups in total. The molecular weight excluding hydrogens is 364 g/mol. The van der Waals surface area contributed by atoms with Crippen LogP contribution in [0.4, 0.5) is 5.82 Å². The van der Waals surface area contributed by atoms with Crippen molar-refractivity contribution in [3.05, 3.63) is 70.7 Å². The van der Waals surface area contributed by atoms with Crippen molar-refractivity contribution >= 4 is 23.1 Å². The fourth-order valence-corrected chi connectivity index (χ4v) is 3.18. The van der Waals surface area contributed by atoms with Crippen LogP contribution in [0.1, 0.15) is 33.9 Å². The number of ether oxygens (including phenoxy) is 1. The highest BCUT2D eigenvalue weighted by molar-refractivity contribution is 7.13. The largest absolute Gasteiger partial charge is 0.447 e. The van der Waals surface area contributed by atoms with E-state index in [1.807, 2.05) is 42.5 Å². The van der Waals surface area contributed by atoms with E-state index >= 15 is 0 Å². The number of nitrogens with one attached hydrogen (secondary N) is 2. The van der Waals surface area contributed by atoms with Crippen molar-refractivity contribution < 1.29 is 14.7 Å². The molecule has 1 aromatic carbocycles. The van der Waals surface area contributed by atoms with Gasteiger partial charge in [-0.15, -0.1) is 11.3 Å². The maximum absolute atomic E-state index is 12.4. The summed E-state index contributed by atoms with van der Waals surface area (Å²) in [6, 6.07) is 16.2. The molecule has 0 saturated heterocycles. The van der Waals surface area contributed by atoms with Gasteiger partial charge in [-0.1, -0.05) is 18.2 Å². The Morgan fingerprint density at radius 1 is 1.22 bits per heavy atom. The van der Waals surface area contributed by atoms with Crippen molar-refractivity contribution in [2.45, 2.75) is 19.5 Å². The highest BCUT2D eigenvalue weighted by Crippen LogP contribution is 2.29. The third-order valence-corrected chi connectivity index (χ3v) is 4.81. The summed E-state index contributed by atoms with van der Waals surface area (Å²) in [5.74, 6) is 0.571. The molecular formula is C19H20N4O3S. The van der Waals surface area contributed by atoms with Crippen LogP contribution in [0.15, 0.2) is 54.6 Å². The summed E-state index contributed by atoms with van der Waals surface area (Å²) < 4.78 is 5.77. The van der Waals surface area contributed by atoms with Crippen molar-refractivity contribution in [3.8, 4) is 10.8 Å². The normalized spacial score (nSPS) is 11.8. The van der Waals surface area contributed by atoms with Crippen LogP contribution in [-0.2, 0) is 6.54 Å². The van der Waals surface area contributed by atoms with E-state index in [-0.39, 0.29) is 17.8 Å². The number of nitrogens with two attached hydrogens (primary N) is 1. The molecule has 0 aliphatic carbocycles. The first kappa shape index (κ1) is 18.8. The van der Waals surface area contributed by atoms with E-state index in [1.54, 1.807) is 19.1 Å². The molecule has 140 valence electrons. The molecule has 0 fully saturated rings. The summed E-state index contributed by atoms with van der Waals surface area (Å²) in [5, 5.41) is 12.5. The minimum Gasteiger partial charge on any atom is -0.447 e. The number of nitrogen functional groups attached to an aromatic ring is 1. The fourth-order valence-electron chi connectivity index (χ4n) is 2.37. The molecule has 0 bridgehead atoms. The van der Waals surface area contributed by atoms with Crippen molar-refractivity contribution in [2.75, 3.05) is 5.73 Å². The van der Waals surface area contributed by atoms with E-state index in [1.165, 1.54) is 11.3 Å². The monoisotopic (exact) mass is 384 g/mol. The van der Waals surface area contributed by atoms with Crippen molar-refractivity contribution in [1.82, 2.24) is 15.8 Å². The lowest BCUT2D eigenvalue weighted by Crippen LogP contribution is -2.24. The lowest BCUT2D eigenvalue weighted by Gasteiger charge is -2.11. The highest BCUT2D eigenvalue weighted by atomic mass is 32.1. The SMILES string of the molecule is CC(NO)c1ccc(C(=O)NCc2ccc(Oc3ccccc3)s2)c(N)n1. The van der Waals surface area contributed by atoms with Gasteiger partial charge in [0.15, 0.2) is 5.06 Å². The Kier molecular flexibility index (Phi) is 6.02. The second kappa shape index (κ2) is 8.63. The van der Waals surface area contributed by atoms with Crippen molar-refractivity contribution in [3.63, 3.8) is 0 Å². The van der Waals surface area contributed by atoms with Gasteiger partial charge in [-0.2, -0.15) is 5.48 Å². The maximum atomic E-state index is 12.4. The van der Waals surface area contributed by atoms with Gasteiger partial charge in [-0.05, 0) is 43.3 Å². The van der Waals surface area contributed by atoms with Gasteiger partial charge >= 0.3 is 0 Å². The number of hydrogen-bond donors (Lipinski definition) is 4. The Bertz CT molecular complexity index is 914. The van der Waals surface area contributed by atoms with Crippen LogP contribution in [0, 0.1) is 0 Å². The Balaban J connectivity index is 1.59. The van der Waals surface area contributed by atoms with Gasteiger partial charge < -0.3 is 21.0 Å². The smallest absolute Gasteiger partial charge is 0.255 e. The number of benzene rings is 1. The fraction of sp³-hybridized carbons (Fsp3) is 0.158. The zero-order valence-electron chi connectivity index (χ0n) is 14.7. The molecule has 0 aliphatic rings. The number of amides is 1. The molecule has 1 unspecified atom stereocenters. The number of thiophene rings is 1. The zero-order valence-corrected chi connectivity index (χ0v) is 15.5. The van der Waals surface area contributed by atoms with Gasteiger partial charge in [0.05, 0.1) is 23.8 Å². The second-order valence-corrected chi connectivity index (χ2v) is 6.97. The molecule has 0 radical (unpaired) electrons. The van der Waals surface area contributed by atoms with Crippen LogP contribution in [-0.4, -0.2) is 16.1 Å². The highest BCUT2D eigenvalue weighted by Gasteiger charge is 2.14. The first-order chi connectivity index (χ1) is 13.1. The Labute approximate surface area is 160 Å². The third kappa shape index (κ3) is 4.82. The molecule has 3 aromatic rings. The van der Waals surface area contributed by atoms with Gasteiger partial charge in [0.1, 0.15) is 11.6 Å². The maximum Gasteiger partial charge on any atom is 0.255 e. The van der Waals surface area contributed by atoms with E-state index in [4.69, 9.17) is 15.7 Å². The number of nitrogens with zero attached hydrogens (tertiary/aromatic N) is 1. The van der Waals surface area contributed by atoms with Crippen molar-refractivity contribution in [1.29, 1.82) is 0 Å². The molecule has 1 amide bonds. The Morgan fingerprint density at radius 2 is 2.00 bits per heavy atom. The molecule has 2 heterocycles. The number of hydroxylamine groups is 1. The van der Waals surface area contributed by atoms with E-state index in [0.29, 0.717) is 17.8 Å². The number of rotatable bonds is 7. The summed E-state index contributed by atoms with van der Waals surface area (Å²) in [5.41, 5.74) is 8.81. The first-order valence-electron chi connectivity index (χ1n) is 8.32. The average Bonchev–Trinajstić information content (AvgIpc) is 3.13. The summed E-state index contributed by atoms with van der Waals surface area (Å²) in [4.78, 5) is 17.5.